The average Bonchev–Trinajstić information content (AvgIpc) is 2.60. The number of ether oxygens (including phenoxy) is 1. The van der Waals surface area contributed by atoms with E-state index < -0.39 is 5.54 Å². The molecule has 0 amide bonds. The number of nitrogens with zero attached hydrogens (tertiary/aromatic N) is 1. The number of hydrogen-bond donors (Lipinski definition) is 0. The molecule has 2 aliphatic rings. The molecule has 3 nitrogen and oxygen atoms in total. The van der Waals surface area contributed by atoms with Crippen molar-refractivity contribution >= 4 is 5.97 Å². The fourth-order valence-corrected chi connectivity index (χ4v) is 2.19. The normalized spacial score (nSPS) is 33.8. The van der Waals surface area contributed by atoms with Crippen LogP contribution in [0.1, 0.15) is 12.8 Å². The van der Waals surface area contributed by atoms with Crippen molar-refractivity contribution in [3.05, 3.63) is 12.2 Å². The molecule has 0 spiro atoms. The zero-order valence-electron chi connectivity index (χ0n) is 7.25. The van der Waals surface area contributed by atoms with Crippen molar-refractivity contribution in [1.82, 2.24) is 4.90 Å². The van der Waals surface area contributed by atoms with Crippen LogP contribution in [0.3, 0.4) is 0 Å². The van der Waals surface area contributed by atoms with Crippen molar-refractivity contribution in [3.8, 4) is 0 Å². The molecule has 0 aromatic carbocycles. The summed E-state index contributed by atoms with van der Waals surface area (Å²) in [6.07, 6.45) is 6.05. The number of carbonyl (C=O) groups is 1. The van der Waals surface area contributed by atoms with Gasteiger partial charge in [-0.25, -0.2) is 4.79 Å². The van der Waals surface area contributed by atoms with Crippen molar-refractivity contribution in [2.24, 2.45) is 0 Å². The lowest BCUT2D eigenvalue weighted by atomic mass is 9.98. The second-order valence-corrected chi connectivity index (χ2v) is 3.37. The van der Waals surface area contributed by atoms with Crippen LogP contribution in [0, 0.1) is 0 Å². The molecular weight excluding hydrogens is 154 g/mol. The predicted molar refractivity (Wildman–Crippen MR) is 44.7 cm³/mol. The van der Waals surface area contributed by atoms with Crippen LogP contribution < -0.4 is 0 Å². The molecule has 3 heteroatoms. The molecule has 1 atom stereocenters. The Hall–Kier alpha value is -0.830. The van der Waals surface area contributed by atoms with Crippen molar-refractivity contribution in [1.29, 1.82) is 0 Å². The minimum Gasteiger partial charge on any atom is -0.467 e. The summed E-state index contributed by atoms with van der Waals surface area (Å²) in [5, 5.41) is 0. The van der Waals surface area contributed by atoms with Gasteiger partial charge in [-0.1, -0.05) is 12.2 Å². The maximum absolute atomic E-state index is 11.5. The van der Waals surface area contributed by atoms with E-state index in [1.807, 2.05) is 6.08 Å². The van der Waals surface area contributed by atoms with Crippen LogP contribution >= 0.6 is 0 Å². The standard InChI is InChI=1S/C9H13NO2/c1-12-8(11)9-4-2-6-10(9)7-3-5-9/h2,4H,3,5-7H2,1H3/t9-/m1/s1. The second-order valence-electron chi connectivity index (χ2n) is 3.37. The smallest absolute Gasteiger partial charge is 0.330 e. The van der Waals surface area contributed by atoms with Gasteiger partial charge in [-0.15, -0.1) is 0 Å². The van der Waals surface area contributed by atoms with E-state index in [0.717, 1.165) is 25.9 Å². The minimum absolute atomic E-state index is 0.103. The highest BCUT2D eigenvalue weighted by Gasteiger charge is 2.48. The molecule has 0 aliphatic carbocycles. The number of fused-ring (bicyclic) bond motifs is 1. The second kappa shape index (κ2) is 2.59. The SMILES string of the molecule is COC(=O)[C@]12C=CCN1CCC2. The first-order chi connectivity index (χ1) is 5.79. The van der Waals surface area contributed by atoms with Crippen molar-refractivity contribution in [2.45, 2.75) is 18.4 Å². The van der Waals surface area contributed by atoms with Gasteiger partial charge in [0.1, 0.15) is 5.54 Å². The Labute approximate surface area is 72.0 Å². The van der Waals surface area contributed by atoms with Gasteiger partial charge in [-0.2, -0.15) is 0 Å². The predicted octanol–water partition coefficient (Wildman–Crippen LogP) is 0.564. The molecule has 1 fully saturated rings. The van der Waals surface area contributed by atoms with Gasteiger partial charge in [-0.3, -0.25) is 4.90 Å². The highest BCUT2D eigenvalue weighted by atomic mass is 16.5. The first-order valence-corrected chi connectivity index (χ1v) is 4.31. The van der Waals surface area contributed by atoms with E-state index in [9.17, 15) is 4.79 Å². The lowest BCUT2D eigenvalue weighted by Crippen LogP contribution is -2.46. The van der Waals surface area contributed by atoms with Gasteiger partial charge in [0.15, 0.2) is 0 Å². The molecule has 0 N–H and O–H groups in total. The zero-order valence-corrected chi connectivity index (χ0v) is 7.25. The molecular formula is C9H13NO2. The van der Waals surface area contributed by atoms with E-state index in [1.165, 1.54) is 7.11 Å². The first-order valence-electron chi connectivity index (χ1n) is 4.31. The molecule has 0 aromatic rings. The summed E-state index contributed by atoms with van der Waals surface area (Å²) >= 11 is 0. The van der Waals surface area contributed by atoms with Gasteiger partial charge in [0.25, 0.3) is 0 Å². The highest BCUT2D eigenvalue weighted by molar-refractivity contribution is 5.84. The fraction of sp³-hybridized carbons (Fsp3) is 0.667. The quantitative estimate of drug-likeness (QED) is 0.422. The summed E-state index contributed by atoms with van der Waals surface area (Å²) in [7, 11) is 1.46. The third kappa shape index (κ3) is 0.829. The van der Waals surface area contributed by atoms with E-state index in [4.69, 9.17) is 4.74 Å². The Morgan fingerprint density at radius 2 is 2.50 bits per heavy atom. The van der Waals surface area contributed by atoms with Gasteiger partial charge < -0.3 is 4.74 Å². The minimum atomic E-state index is -0.394. The summed E-state index contributed by atoms with van der Waals surface area (Å²) in [6.45, 7) is 1.91. The Morgan fingerprint density at radius 3 is 3.25 bits per heavy atom. The number of carbonyl (C=O) groups excluding carboxylic acids is 1. The van der Waals surface area contributed by atoms with E-state index in [2.05, 4.69) is 11.0 Å². The van der Waals surface area contributed by atoms with Crippen molar-refractivity contribution < 1.29 is 9.53 Å². The lowest BCUT2D eigenvalue weighted by Gasteiger charge is -2.27. The molecule has 0 bridgehead atoms. The van der Waals surface area contributed by atoms with Crippen LogP contribution in [0.25, 0.3) is 0 Å². The summed E-state index contributed by atoms with van der Waals surface area (Å²) in [5.74, 6) is -0.103. The summed E-state index contributed by atoms with van der Waals surface area (Å²) in [4.78, 5) is 13.7. The van der Waals surface area contributed by atoms with Crippen molar-refractivity contribution in [3.63, 3.8) is 0 Å². The molecule has 0 radical (unpaired) electrons. The lowest BCUT2D eigenvalue weighted by molar-refractivity contribution is -0.149. The number of rotatable bonds is 1. The Bertz CT molecular complexity index is 237. The Balaban J connectivity index is 2.27. The topological polar surface area (TPSA) is 29.5 Å². The molecule has 66 valence electrons. The number of esters is 1. The summed E-state index contributed by atoms with van der Waals surface area (Å²) < 4.78 is 4.81. The molecule has 12 heavy (non-hydrogen) atoms. The third-order valence-electron chi connectivity index (χ3n) is 2.81. The van der Waals surface area contributed by atoms with E-state index in [0.29, 0.717) is 0 Å². The fourth-order valence-electron chi connectivity index (χ4n) is 2.19. The van der Waals surface area contributed by atoms with Gasteiger partial charge in [0.05, 0.1) is 7.11 Å². The molecule has 0 aromatic heterocycles. The maximum Gasteiger partial charge on any atom is 0.330 e. The van der Waals surface area contributed by atoms with E-state index in [-0.39, 0.29) is 5.97 Å². The summed E-state index contributed by atoms with van der Waals surface area (Å²) in [5.41, 5.74) is -0.394. The first kappa shape index (κ1) is 7.80. The molecule has 0 unspecified atom stereocenters. The molecule has 2 rings (SSSR count). The Kier molecular flexibility index (Phi) is 1.68. The van der Waals surface area contributed by atoms with Gasteiger partial charge in [-0.05, 0) is 19.4 Å². The van der Waals surface area contributed by atoms with Gasteiger partial charge in [0.2, 0.25) is 0 Å². The number of hydrogen-bond acceptors (Lipinski definition) is 3. The maximum atomic E-state index is 11.5. The van der Waals surface area contributed by atoms with Crippen LogP contribution in [0.15, 0.2) is 12.2 Å². The molecule has 2 aliphatic heterocycles. The largest absolute Gasteiger partial charge is 0.467 e. The van der Waals surface area contributed by atoms with Crippen LogP contribution in [-0.2, 0) is 9.53 Å². The summed E-state index contributed by atoms with van der Waals surface area (Å²) in [6, 6.07) is 0. The van der Waals surface area contributed by atoms with Crippen LogP contribution in [0.2, 0.25) is 0 Å². The molecule has 0 saturated carbocycles. The van der Waals surface area contributed by atoms with Crippen LogP contribution in [0.4, 0.5) is 0 Å². The third-order valence-corrected chi connectivity index (χ3v) is 2.81. The molecule has 2 heterocycles. The Morgan fingerprint density at radius 1 is 1.67 bits per heavy atom. The zero-order chi connectivity index (χ0) is 8.60. The van der Waals surface area contributed by atoms with E-state index in [1.54, 1.807) is 0 Å². The van der Waals surface area contributed by atoms with Gasteiger partial charge >= 0.3 is 5.97 Å². The van der Waals surface area contributed by atoms with Crippen molar-refractivity contribution in [2.75, 3.05) is 20.2 Å². The monoisotopic (exact) mass is 167 g/mol. The van der Waals surface area contributed by atoms with E-state index >= 15 is 0 Å². The highest BCUT2D eigenvalue weighted by Crippen LogP contribution is 2.35. The number of methoxy groups -OCH3 is 1. The van der Waals surface area contributed by atoms with Crippen LogP contribution in [0.5, 0.6) is 0 Å². The van der Waals surface area contributed by atoms with Crippen LogP contribution in [-0.4, -0.2) is 36.6 Å². The average molecular weight is 167 g/mol. The van der Waals surface area contributed by atoms with Gasteiger partial charge in [0, 0.05) is 6.54 Å². The molecule has 1 saturated heterocycles.